The second kappa shape index (κ2) is 10.1. The van der Waals surface area contributed by atoms with E-state index in [-0.39, 0.29) is 12.3 Å². The van der Waals surface area contributed by atoms with E-state index in [1.54, 1.807) is 14.0 Å². The Bertz CT molecular complexity index is 873. The van der Waals surface area contributed by atoms with Crippen molar-refractivity contribution in [2.75, 3.05) is 30.4 Å². The molecule has 2 aromatic rings. The number of carbonyl (C=O) groups is 2. The van der Waals surface area contributed by atoms with Crippen LogP contribution in [0.2, 0.25) is 0 Å². The van der Waals surface area contributed by atoms with Gasteiger partial charge in [-0.3, -0.25) is 9.59 Å². The van der Waals surface area contributed by atoms with Gasteiger partial charge in [-0.25, -0.2) is 0 Å². The maximum absolute atomic E-state index is 12.4. The molecule has 1 fully saturated rings. The van der Waals surface area contributed by atoms with Crippen molar-refractivity contribution < 1.29 is 19.1 Å². The number of anilines is 2. The van der Waals surface area contributed by atoms with E-state index in [2.05, 4.69) is 10.2 Å². The first-order valence-electron chi connectivity index (χ1n) is 10.4. The predicted molar refractivity (Wildman–Crippen MR) is 118 cm³/mol. The minimum absolute atomic E-state index is 0.0486. The van der Waals surface area contributed by atoms with E-state index < -0.39 is 12.1 Å². The number of carbonyl (C=O) groups excluding carboxylic acids is 2. The molecule has 1 N–H and O–H groups in total. The van der Waals surface area contributed by atoms with Crippen molar-refractivity contribution in [3.63, 3.8) is 0 Å². The summed E-state index contributed by atoms with van der Waals surface area (Å²) in [4.78, 5) is 27.1. The lowest BCUT2D eigenvalue weighted by Gasteiger charge is -2.28. The highest BCUT2D eigenvalue weighted by molar-refractivity contribution is 5.95. The van der Waals surface area contributed by atoms with E-state index in [1.165, 1.54) is 24.9 Å². The van der Waals surface area contributed by atoms with Gasteiger partial charge in [0.1, 0.15) is 5.75 Å². The van der Waals surface area contributed by atoms with Crippen molar-refractivity contribution in [2.45, 2.75) is 45.6 Å². The molecule has 6 heteroatoms. The topological polar surface area (TPSA) is 67.9 Å². The molecule has 1 saturated heterocycles. The molecule has 1 amide bonds. The summed E-state index contributed by atoms with van der Waals surface area (Å²) in [5, 5.41) is 2.81. The van der Waals surface area contributed by atoms with Crippen molar-refractivity contribution in [1.29, 1.82) is 0 Å². The molecule has 2 aromatic carbocycles. The average molecular weight is 411 g/mol. The first-order valence-corrected chi connectivity index (χ1v) is 10.4. The monoisotopic (exact) mass is 410 g/mol. The first-order chi connectivity index (χ1) is 14.5. The number of hydrogen-bond acceptors (Lipinski definition) is 5. The van der Waals surface area contributed by atoms with Crippen LogP contribution in [0.15, 0.2) is 42.5 Å². The standard InChI is InChI=1S/C24H30N2O4/c1-17-7-12-22(29-3)19(15-17)16-23(27)30-18(2)24(28)25-20-8-10-21(11-9-20)26-13-5-4-6-14-26/h7-12,15,18H,4-6,13-14,16H2,1-3H3,(H,25,28). The van der Waals surface area contributed by atoms with E-state index in [1.807, 2.05) is 49.4 Å². The largest absolute Gasteiger partial charge is 0.496 e. The molecule has 0 radical (unpaired) electrons. The summed E-state index contributed by atoms with van der Waals surface area (Å²) in [6, 6.07) is 13.4. The van der Waals surface area contributed by atoms with Crippen LogP contribution in [0.5, 0.6) is 5.75 Å². The zero-order valence-corrected chi connectivity index (χ0v) is 17.9. The summed E-state index contributed by atoms with van der Waals surface area (Å²) < 4.78 is 10.6. The van der Waals surface area contributed by atoms with Gasteiger partial charge in [-0.2, -0.15) is 0 Å². The molecule has 0 aromatic heterocycles. The van der Waals surface area contributed by atoms with Crippen molar-refractivity contribution >= 4 is 23.3 Å². The Kier molecular flexibility index (Phi) is 7.33. The van der Waals surface area contributed by atoms with Gasteiger partial charge < -0.3 is 19.7 Å². The fourth-order valence-corrected chi connectivity index (χ4v) is 3.64. The molecule has 0 bridgehead atoms. The number of ether oxygens (including phenoxy) is 2. The molecule has 1 unspecified atom stereocenters. The molecule has 0 spiro atoms. The number of esters is 1. The third kappa shape index (κ3) is 5.75. The van der Waals surface area contributed by atoms with E-state index >= 15 is 0 Å². The lowest BCUT2D eigenvalue weighted by Crippen LogP contribution is -2.31. The maximum atomic E-state index is 12.4. The normalized spacial score (nSPS) is 14.7. The number of hydrogen-bond donors (Lipinski definition) is 1. The molecule has 1 aliphatic rings. The number of nitrogens with one attached hydrogen (secondary N) is 1. The van der Waals surface area contributed by atoms with Gasteiger partial charge in [-0.1, -0.05) is 17.7 Å². The molecular weight excluding hydrogens is 380 g/mol. The second-order valence-electron chi connectivity index (χ2n) is 7.71. The highest BCUT2D eigenvalue weighted by Crippen LogP contribution is 2.23. The van der Waals surface area contributed by atoms with Gasteiger partial charge in [-0.15, -0.1) is 0 Å². The van der Waals surface area contributed by atoms with Gasteiger partial charge in [0, 0.05) is 30.0 Å². The fraction of sp³-hybridized carbons (Fsp3) is 0.417. The molecule has 160 valence electrons. The summed E-state index contributed by atoms with van der Waals surface area (Å²) in [5.41, 5.74) is 3.61. The Hall–Kier alpha value is -3.02. The number of aryl methyl sites for hydroxylation is 1. The number of piperidine rings is 1. The van der Waals surface area contributed by atoms with Gasteiger partial charge >= 0.3 is 5.97 Å². The van der Waals surface area contributed by atoms with Gasteiger partial charge in [0.05, 0.1) is 13.5 Å². The Balaban J connectivity index is 1.53. The van der Waals surface area contributed by atoms with Crippen molar-refractivity contribution in [3.05, 3.63) is 53.6 Å². The summed E-state index contributed by atoms with van der Waals surface area (Å²) >= 11 is 0. The van der Waals surface area contributed by atoms with Crippen molar-refractivity contribution in [1.82, 2.24) is 0 Å². The van der Waals surface area contributed by atoms with Crippen LogP contribution in [0.3, 0.4) is 0 Å². The van der Waals surface area contributed by atoms with E-state index in [9.17, 15) is 9.59 Å². The number of rotatable bonds is 7. The summed E-state index contributed by atoms with van der Waals surface area (Å²) in [6.45, 7) is 5.67. The van der Waals surface area contributed by atoms with E-state index in [0.29, 0.717) is 11.4 Å². The molecule has 1 heterocycles. The molecular formula is C24H30N2O4. The molecule has 30 heavy (non-hydrogen) atoms. The van der Waals surface area contributed by atoms with E-state index in [0.717, 1.165) is 24.2 Å². The predicted octanol–water partition coefficient (Wildman–Crippen LogP) is 4.11. The Morgan fingerprint density at radius 1 is 1.07 bits per heavy atom. The highest BCUT2D eigenvalue weighted by atomic mass is 16.5. The minimum Gasteiger partial charge on any atom is -0.496 e. The first kappa shape index (κ1) is 21.7. The van der Waals surface area contributed by atoms with Crippen LogP contribution in [0.1, 0.15) is 37.3 Å². The van der Waals surface area contributed by atoms with Crippen LogP contribution in [-0.4, -0.2) is 38.2 Å². The highest BCUT2D eigenvalue weighted by Gasteiger charge is 2.19. The quantitative estimate of drug-likeness (QED) is 0.696. The Morgan fingerprint density at radius 3 is 2.43 bits per heavy atom. The summed E-state index contributed by atoms with van der Waals surface area (Å²) in [5.74, 6) is -0.198. The summed E-state index contributed by atoms with van der Waals surface area (Å²) in [6.07, 6.45) is 2.88. The minimum atomic E-state index is -0.893. The number of amides is 1. The van der Waals surface area contributed by atoms with Crippen LogP contribution >= 0.6 is 0 Å². The fourth-order valence-electron chi connectivity index (χ4n) is 3.64. The van der Waals surface area contributed by atoms with Crippen molar-refractivity contribution in [3.8, 4) is 5.75 Å². The maximum Gasteiger partial charge on any atom is 0.311 e. The third-order valence-corrected chi connectivity index (χ3v) is 5.30. The average Bonchev–Trinajstić information content (AvgIpc) is 2.75. The van der Waals surface area contributed by atoms with Crippen LogP contribution in [0.4, 0.5) is 11.4 Å². The molecule has 0 aliphatic carbocycles. The smallest absolute Gasteiger partial charge is 0.311 e. The van der Waals surface area contributed by atoms with Crippen LogP contribution < -0.4 is 15.0 Å². The number of methoxy groups -OCH3 is 1. The Morgan fingerprint density at radius 2 is 1.77 bits per heavy atom. The van der Waals surface area contributed by atoms with Gasteiger partial charge in [0.15, 0.2) is 6.10 Å². The van der Waals surface area contributed by atoms with Gasteiger partial charge in [0.2, 0.25) is 0 Å². The van der Waals surface area contributed by atoms with Gasteiger partial charge in [-0.05, 0) is 63.4 Å². The molecule has 1 atom stereocenters. The third-order valence-electron chi connectivity index (χ3n) is 5.30. The van der Waals surface area contributed by atoms with Crippen LogP contribution in [-0.2, 0) is 20.7 Å². The van der Waals surface area contributed by atoms with Crippen molar-refractivity contribution in [2.24, 2.45) is 0 Å². The lowest BCUT2D eigenvalue weighted by molar-refractivity contribution is -0.152. The number of nitrogens with zero attached hydrogens (tertiary/aromatic N) is 1. The summed E-state index contributed by atoms with van der Waals surface area (Å²) in [7, 11) is 1.56. The molecule has 0 saturated carbocycles. The van der Waals surface area contributed by atoms with Crippen LogP contribution in [0, 0.1) is 6.92 Å². The van der Waals surface area contributed by atoms with Crippen LogP contribution in [0.25, 0.3) is 0 Å². The lowest BCUT2D eigenvalue weighted by atomic mass is 10.1. The molecule has 6 nitrogen and oxygen atoms in total. The molecule has 1 aliphatic heterocycles. The zero-order valence-electron chi connectivity index (χ0n) is 17.9. The van der Waals surface area contributed by atoms with E-state index in [4.69, 9.17) is 9.47 Å². The Labute approximate surface area is 178 Å². The zero-order chi connectivity index (χ0) is 21.5. The number of benzene rings is 2. The SMILES string of the molecule is COc1ccc(C)cc1CC(=O)OC(C)C(=O)Nc1ccc(N2CCCCC2)cc1. The molecule has 3 rings (SSSR count). The van der Waals surface area contributed by atoms with Gasteiger partial charge in [0.25, 0.3) is 5.91 Å². The second-order valence-corrected chi connectivity index (χ2v) is 7.71.